The Kier molecular flexibility index (Phi) is 12.4. The Morgan fingerprint density at radius 3 is 2.20 bits per heavy atom. The molecule has 0 aliphatic heterocycles. The zero-order valence-corrected chi connectivity index (χ0v) is 26.9. The second-order valence-electron chi connectivity index (χ2n) is 12.2. The van der Waals surface area contributed by atoms with Crippen LogP contribution in [0.3, 0.4) is 0 Å². The van der Waals surface area contributed by atoms with Crippen LogP contribution in [-0.4, -0.2) is 46.1 Å². The van der Waals surface area contributed by atoms with Crippen molar-refractivity contribution < 1.29 is 24.2 Å². The van der Waals surface area contributed by atoms with Crippen molar-refractivity contribution >= 4 is 17.9 Å². The maximum absolute atomic E-state index is 14.6. The molecule has 0 bridgehead atoms. The first-order valence-electron chi connectivity index (χ1n) is 15.3. The second-order valence-corrected chi connectivity index (χ2v) is 12.2. The van der Waals surface area contributed by atoms with Gasteiger partial charge in [0.2, 0.25) is 11.8 Å². The van der Waals surface area contributed by atoms with Crippen molar-refractivity contribution in [2.24, 2.45) is 0 Å². The molecular weight excluding hydrogens is 554 g/mol. The molecule has 0 aliphatic carbocycles. The minimum absolute atomic E-state index is 0.1000. The average molecular weight is 602 g/mol. The Labute approximate surface area is 261 Å². The van der Waals surface area contributed by atoms with Gasteiger partial charge in [0.05, 0.1) is 0 Å². The molecule has 3 aromatic carbocycles. The molecule has 0 fully saturated rings. The van der Waals surface area contributed by atoms with Crippen LogP contribution >= 0.6 is 0 Å². The van der Waals surface area contributed by atoms with Gasteiger partial charge >= 0.3 is 6.09 Å². The Morgan fingerprint density at radius 1 is 0.886 bits per heavy atom. The average Bonchev–Trinajstić information content (AvgIpc) is 2.97. The van der Waals surface area contributed by atoms with Crippen molar-refractivity contribution in [2.75, 3.05) is 6.54 Å². The third-order valence-corrected chi connectivity index (χ3v) is 7.46. The lowest BCUT2D eigenvalue weighted by molar-refractivity contribution is -0.142. The summed E-state index contributed by atoms with van der Waals surface area (Å²) >= 11 is 0. The van der Waals surface area contributed by atoms with Crippen molar-refractivity contribution in [1.29, 1.82) is 0 Å². The number of unbranched alkanes of at least 4 members (excludes halogenated alkanes) is 2. The number of carbonyl (C=O) groups is 3. The molecule has 0 heterocycles. The number of alkyl carbamates (subject to hydrolysis) is 1. The summed E-state index contributed by atoms with van der Waals surface area (Å²) in [6.45, 7) is 11.9. The van der Waals surface area contributed by atoms with Crippen molar-refractivity contribution in [2.45, 2.75) is 91.5 Å². The van der Waals surface area contributed by atoms with Gasteiger partial charge in [0, 0.05) is 19.5 Å². The van der Waals surface area contributed by atoms with Crippen molar-refractivity contribution in [3.63, 3.8) is 0 Å². The number of hydrogen-bond acceptors (Lipinski definition) is 5. The summed E-state index contributed by atoms with van der Waals surface area (Å²) in [4.78, 5) is 43.4. The molecule has 3 rings (SSSR count). The Balaban J connectivity index is 2.06. The highest BCUT2D eigenvalue weighted by Gasteiger charge is 2.37. The van der Waals surface area contributed by atoms with E-state index in [1.807, 2.05) is 62.4 Å². The zero-order valence-electron chi connectivity index (χ0n) is 26.9. The molecule has 0 spiro atoms. The fraction of sp³-hybridized carbons (Fsp3) is 0.417. The van der Waals surface area contributed by atoms with Crippen LogP contribution in [0.2, 0.25) is 0 Å². The topological polar surface area (TPSA) is 108 Å². The first-order chi connectivity index (χ1) is 20.9. The van der Waals surface area contributed by atoms with Gasteiger partial charge in [-0.05, 0) is 81.0 Å². The van der Waals surface area contributed by atoms with Gasteiger partial charge in [-0.2, -0.15) is 0 Å². The summed E-state index contributed by atoms with van der Waals surface area (Å²) in [6.07, 6.45) is 1.92. The van der Waals surface area contributed by atoms with Gasteiger partial charge in [-0.1, -0.05) is 80.4 Å². The molecule has 44 heavy (non-hydrogen) atoms. The van der Waals surface area contributed by atoms with E-state index in [1.165, 1.54) is 0 Å². The third kappa shape index (κ3) is 10.1. The van der Waals surface area contributed by atoms with Gasteiger partial charge in [-0.15, -0.1) is 0 Å². The quantitative estimate of drug-likeness (QED) is 0.193. The summed E-state index contributed by atoms with van der Waals surface area (Å²) in [5.74, 6) is -0.586. The molecule has 0 aliphatic rings. The largest absolute Gasteiger partial charge is 0.508 e. The number of ether oxygens (including phenoxy) is 1. The summed E-state index contributed by atoms with van der Waals surface area (Å²) in [7, 11) is 0. The second kappa shape index (κ2) is 15.9. The van der Waals surface area contributed by atoms with Gasteiger partial charge in [0.25, 0.3) is 0 Å². The zero-order chi connectivity index (χ0) is 32.3. The van der Waals surface area contributed by atoms with Crippen LogP contribution in [0.25, 0.3) is 0 Å². The normalized spacial score (nSPS) is 12.6. The van der Waals surface area contributed by atoms with Gasteiger partial charge in [-0.3, -0.25) is 9.59 Å². The highest BCUT2D eigenvalue weighted by atomic mass is 16.6. The van der Waals surface area contributed by atoms with E-state index in [0.29, 0.717) is 19.5 Å². The molecule has 2 unspecified atom stereocenters. The third-order valence-electron chi connectivity index (χ3n) is 7.46. The Morgan fingerprint density at radius 2 is 1.57 bits per heavy atom. The van der Waals surface area contributed by atoms with E-state index < -0.39 is 23.8 Å². The van der Waals surface area contributed by atoms with Crippen LogP contribution in [0, 0.1) is 13.8 Å². The number of amides is 3. The summed E-state index contributed by atoms with van der Waals surface area (Å²) in [5.41, 5.74) is 3.59. The van der Waals surface area contributed by atoms with Crippen LogP contribution in [-0.2, 0) is 27.3 Å². The van der Waals surface area contributed by atoms with Crippen LogP contribution in [0.4, 0.5) is 4.79 Å². The Bertz CT molecular complexity index is 1380. The van der Waals surface area contributed by atoms with Crippen LogP contribution in [0.15, 0.2) is 72.8 Å². The molecule has 8 nitrogen and oxygen atoms in total. The number of rotatable bonds is 13. The van der Waals surface area contributed by atoms with Crippen molar-refractivity contribution in [1.82, 2.24) is 15.5 Å². The van der Waals surface area contributed by atoms with Gasteiger partial charge in [0.15, 0.2) is 0 Å². The minimum Gasteiger partial charge on any atom is -0.508 e. The van der Waals surface area contributed by atoms with Crippen molar-refractivity contribution in [3.8, 4) is 5.75 Å². The number of hydrogen-bond donors (Lipinski definition) is 3. The minimum atomic E-state index is -1.02. The highest BCUT2D eigenvalue weighted by Crippen LogP contribution is 2.28. The smallest absolute Gasteiger partial charge is 0.408 e. The molecule has 0 saturated heterocycles. The lowest BCUT2D eigenvalue weighted by Gasteiger charge is -2.35. The fourth-order valence-corrected chi connectivity index (χ4v) is 5.02. The van der Waals surface area contributed by atoms with Gasteiger partial charge in [-0.25, -0.2) is 4.79 Å². The number of nitrogens with zero attached hydrogens (tertiary/aromatic N) is 1. The summed E-state index contributed by atoms with van der Waals surface area (Å²) in [5, 5.41) is 15.7. The maximum atomic E-state index is 14.6. The van der Waals surface area contributed by atoms with E-state index in [1.54, 1.807) is 49.9 Å². The van der Waals surface area contributed by atoms with Crippen LogP contribution in [0.1, 0.15) is 80.8 Å². The highest BCUT2D eigenvalue weighted by molar-refractivity contribution is 5.92. The van der Waals surface area contributed by atoms with Gasteiger partial charge < -0.3 is 25.4 Å². The molecule has 0 aromatic heterocycles. The number of phenols is 1. The SMILES string of the molecule is CCCCCN(C(=O)C(Cc1ccc(O)cc1)NC(=O)OC(C)(C)C)C(C(=O)NCc1ccccc1)c1cccc(C)c1C. The predicted molar refractivity (Wildman–Crippen MR) is 173 cm³/mol. The molecule has 8 heteroatoms. The Hall–Kier alpha value is -4.33. The standard InChI is InChI=1S/C36H47N3O5/c1-7-8-12-22-39(34(42)31(38-35(43)44-36(4,5)6)23-27-18-20-29(40)21-19-27)32(30-17-13-14-25(2)26(30)3)33(41)37-24-28-15-10-9-11-16-28/h9-11,13-21,31-32,40H,7-8,12,22-24H2,1-6H3,(H,37,41)(H,38,43). The van der Waals surface area contributed by atoms with Crippen LogP contribution < -0.4 is 10.6 Å². The van der Waals surface area contributed by atoms with E-state index in [2.05, 4.69) is 17.6 Å². The molecule has 3 aromatic rings. The monoisotopic (exact) mass is 601 g/mol. The maximum Gasteiger partial charge on any atom is 0.408 e. The number of aryl methyl sites for hydroxylation is 1. The molecule has 236 valence electrons. The first kappa shape index (κ1) is 34.2. The van der Waals surface area contributed by atoms with Gasteiger partial charge in [0.1, 0.15) is 23.4 Å². The molecule has 3 N–H and O–H groups in total. The molecule has 0 saturated carbocycles. The van der Waals surface area contributed by atoms with E-state index in [9.17, 15) is 19.5 Å². The molecular formula is C36H47N3O5. The lowest BCUT2D eigenvalue weighted by Crippen LogP contribution is -2.54. The molecule has 2 atom stereocenters. The van der Waals surface area contributed by atoms with Crippen molar-refractivity contribution in [3.05, 3.63) is 101 Å². The number of nitrogens with one attached hydrogen (secondary N) is 2. The van der Waals surface area contributed by atoms with Crippen LogP contribution in [0.5, 0.6) is 5.75 Å². The summed E-state index contributed by atoms with van der Waals surface area (Å²) in [6, 6.07) is 20.0. The first-order valence-corrected chi connectivity index (χ1v) is 15.3. The summed E-state index contributed by atoms with van der Waals surface area (Å²) < 4.78 is 5.53. The van der Waals surface area contributed by atoms with E-state index in [0.717, 1.165) is 40.7 Å². The number of phenolic OH excluding ortho intramolecular Hbond substituents is 1. The number of benzene rings is 3. The molecule has 0 radical (unpaired) electrons. The number of aromatic hydroxyl groups is 1. The predicted octanol–water partition coefficient (Wildman–Crippen LogP) is 6.52. The van der Waals surface area contributed by atoms with E-state index in [-0.39, 0.29) is 24.0 Å². The van der Waals surface area contributed by atoms with E-state index >= 15 is 0 Å². The molecule has 3 amide bonds. The fourth-order valence-electron chi connectivity index (χ4n) is 5.02. The number of carbonyl (C=O) groups excluding carboxylic acids is 3. The lowest BCUT2D eigenvalue weighted by atomic mass is 9.94. The van der Waals surface area contributed by atoms with E-state index in [4.69, 9.17) is 4.74 Å².